The number of aryl methyl sites for hydroxylation is 2. The summed E-state index contributed by atoms with van der Waals surface area (Å²) in [5.74, 6) is -1.07. The highest BCUT2D eigenvalue weighted by atomic mass is 32.1. The average Bonchev–Trinajstić information content (AvgIpc) is 2.79. The van der Waals surface area contributed by atoms with Crippen LogP contribution in [-0.4, -0.2) is 17.6 Å². The molecule has 0 unspecified atom stereocenters. The smallest absolute Gasteiger partial charge is 0.256 e. The van der Waals surface area contributed by atoms with Gasteiger partial charge in [-0.1, -0.05) is 6.07 Å². The maximum Gasteiger partial charge on any atom is 0.256 e. The van der Waals surface area contributed by atoms with Crippen molar-refractivity contribution < 1.29 is 14.4 Å². The Kier molecular flexibility index (Phi) is 4.42. The van der Waals surface area contributed by atoms with E-state index in [0.717, 1.165) is 10.4 Å². The quantitative estimate of drug-likeness (QED) is 0.850. The van der Waals surface area contributed by atoms with Crippen molar-refractivity contribution >= 4 is 33.9 Å². The Bertz CT molecular complexity index is 778. The van der Waals surface area contributed by atoms with E-state index in [4.69, 9.17) is 5.73 Å². The van der Waals surface area contributed by atoms with Crippen molar-refractivity contribution in [3.05, 3.63) is 51.4 Å². The molecule has 0 atom stereocenters. The van der Waals surface area contributed by atoms with Gasteiger partial charge in [0.05, 0.1) is 5.56 Å². The van der Waals surface area contributed by atoms with Crippen LogP contribution in [0.15, 0.2) is 24.3 Å². The second-order valence-electron chi connectivity index (χ2n) is 5.00. The molecule has 5 nitrogen and oxygen atoms in total. The Labute approximate surface area is 132 Å². The van der Waals surface area contributed by atoms with Crippen molar-refractivity contribution in [1.29, 1.82) is 0 Å². The summed E-state index contributed by atoms with van der Waals surface area (Å²) in [4.78, 5) is 36.1. The minimum Gasteiger partial charge on any atom is -0.366 e. The maximum atomic E-state index is 12.3. The van der Waals surface area contributed by atoms with Gasteiger partial charge in [0, 0.05) is 16.0 Å². The molecule has 2 aromatic rings. The molecule has 0 aliphatic carbocycles. The molecule has 2 amide bonds. The number of Topliss-reactive ketones (excluding diaryl/α,β-unsaturated/α-hetero) is 1. The topological polar surface area (TPSA) is 89.3 Å². The predicted octanol–water partition coefficient (Wildman–Crippen LogP) is 2.92. The molecule has 1 aromatic carbocycles. The Morgan fingerprint density at radius 3 is 2.36 bits per heavy atom. The molecule has 3 N–H and O–H groups in total. The zero-order valence-corrected chi connectivity index (χ0v) is 13.3. The SMILES string of the molecule is CC(=O)c1cc(C(=O)Nc2sc(C)cc2C(N)=O)ccc1C. The molecule has 6 heteroatoms. The highest BCUT2D eigenvalue weighted by Crippen LogP contribution is 2.27. The van der Waals surface area contributed by atoms with E-state index >= 15 is 0 Å². The number of carbonyl (C=O) groups excluding carboxylic acids is 3. The van der Waals surface area contributed by atoms with Crippen molar-refractivity contribution in [2.24, 2.45) is 5.73 Å². The lowest BCUT2D eigenvalue weighted by atomic mass is 10.0. The summed E-state index contributed by atoms with van der Waals surface area (Å²) in [6.45, 7) is 5.09. The number of carbonyl (C=O) groups is 3. The number of amides is 2. The van der Waals surface area contributed by atoms with Gasteiger partial charge in [-0.3, -0.25) is 14.4 Å². The van der Waals surface area contributed by atoms with Crippen molar-refractivity contribution in [3.8, 4) is 0 Å². The van der Waals surface area contributed by atoms with Gasteiger partial charge in [0.1, 0.15) is 5.00 Å². The van der Waals surface area contributed by atoms with Crippen LogP contribution in [0.3, 0.4) is 0 Å². The molecular formula is C16H16N2O3S. The van der Waals surface area contributed by atoms with Gasteiger partial charge in [0.25, 0.3) is 11.8 Å². The van der Waals surface area contributed by atoms with E-state index in [0.29, 0.717) is 16.1 Å². The number of hydrogen-bond acceptors (Lipinski definition) is 4. The Morgan fingerprint density at radius 1 is 1.09 bits per heavy atom. The van der Waals surface area contributed by atoms with Gasteiger partial charge in [-0.15, -0.1) is 11.3 Å². The zero-order valence-electron chi connectivity index (χ0n) is 12.5. The third-order valence-electron chi connectivity index (χ3n) is 3.23. The molecule has 0 saturated carbocycles. The van der Waals surface area contributed by atoms with Crippen LogP contribution in [0, 0.1) is 13.8 Å². The number of ketones is 1. The fourth-order valence-electron chi connectivity index (χ4n) is 2.11. The van der Waals surface area contributed by atoms with Gasteiger partial charge in [0.2, 0.25) is 0 Å². The van der Waals surface area contributed by atoms with Gasteiger partial charge in [-0.05, 0) is 44.5 Å². The van der Waals surface area contributed by atoms with Crippen LogP contribution < -0.4 is 11.1 Å². The van der Waals surface area contributed by atoms with Gasteiger partial charge in [0.15, 0.2) is 5.78 Å². The molecule has 1 heterocycles. The predicted molar refractivity (Wildman–Crippen MR) is 86.7 cm³/mol. The van der Waals surface area contributed by atoms with Crippen LogP contribution in [0.2, 0.25) is 0 Å². The van der Waals surface area contributed by atoms with Gasteiger partial charge < -0.3 is 11.1 Å². The summed E-state index contributed by atoms with van der Waals surface area (Å²) in [7, 11) is 0. The normalized spacial score (nSPS) is 10.3. The van der Waals surface area contributed by atoms with E-state index in [2.05, 4.69) is 5.32 Å². The molecule has 1 aromatic heterocycles. The average molecular weight is 316 g/mol. The van der Waals surface area contributed by atoms with Crippen LogP contribution in [0.25, 0.3) is 0 Å². The van der Waals surface area contributed by atoms with E-state index in [-0.39, 0.29) is 17.3 Å². The van der Waals surface area contributed by atoms with Crippen LogP contribution >= 0.6 is 11.3 Å². The Balaban J connectivity index is 2.32. The lowest BCUT2D eigenvalue weighted by Gasteiger charge is -2.07. The first-order valence-corrected chi connectivity index (χ1v) is 7.44. The van der Waals surface area contributed by atoms with E-state index in [1.54, 1.807) is 24.3 Å². The summed E-state index contributed by atoms with van der Waals surface area (Å²) in [5.41, 5.74) is 7.26. The molecule has 0 saturated heterocycles. The molecule has 2 rings (SSSR count). The fourth-order valence-corrected chi connectivity index (χ4v) is 3.02. The van der Waals surface area contributed by atoms with Gasteiger partial charge in [-0.2, -0.15) is 0 Å². The van der Waals surface area contributed by atoms with Crippen LogP contribution in [0.1, 0.15) is 48.4 Å². The van der Waals surface area contributed by atoms with E-state index in [1.807, 2.05) is 13.8 Å². The fraction of sp³-hybridized carbons (Fsp3) is 0.188. The first-order chi connectivity index (χ1) is 10.3. The molecule has 0 radical (unpaired) electrons. The first-order valence-electron chi connectivity index (χ1n) is 6.62. The summed E-state index contributed by atoms with van der Waals surface area (Å²) in [6, 6.07) is 6.55. The number of benzene rings is 1. The number of rotatable bonds is 4. The molecule has 22 heavy (non-hydrogen) atoms. The number of thiophene rings is 1. The Hall–Kier alpha value is -2.47. The Morgan fingerprint density at radius 2 is 1.77 bits per heavy atom. The van der Waals surface area contributed by atoms with Crippen LogP contribution in [0.4, 0.5) is 5.00 Å². The van der Waals surface area contributed by atoms with Crippen molar-refractivity contribution in [3.63, 3.8) is 0 Å². The molecular weight excluding hydrogens is 300 g/mol. The first kappa shape index (κ1) is 15.9. The number of nitrogens with one attached hydrogen (secondary N) is 1. The highest BCUT2D eigenvalue weighted by molar-refractivity contribution is 7.16. The third kappa shape index (κ3) is 3.23. The summed E-state index contributed by atoms with van der Waals surface area (Å²) in [5, 5.41) is 3.10. The largest absolute Gasteiger partial charge is 0.366 e. The van der Waals surface area contributed by atoms with Crippen molar-refractivity contribution in [2.45, 2.75) is 20.8 Å². The van der Waals surface area contributed by atoms with Crippen LogP contribution in [-0.2, 0) is 0 Å². The molecule has 0 bridgehead atoms. The second kappa shape index (κ2) is 6.11. The summed E-state index contributed by atoms with van der Waals surface area (Å²) < 4.78 is 0. The lowest BCUT2D eigenvalue weighted by molar-refractivity contribution is 0.0997. The maximum absolute atomic E-state index is 12.3. The number of nitrogens with two attached hydrogens (primary N) is 1. The minimum absolute atomic E-state index is 0.100. The second-order valence-corrected chi connectivity index (χ2v) is 6.26. The monoisotopic (exact) mass is 316 g/mol. The van der Waals surface area contributed by atoms with Gasteiger partial charge in [-0.25, -0.2) is 0 Å². The summed E-state index contributed by atoms with van der Waals surface area (Å²) in [6.07, 6.45) is 0. The van der Waals surface area contributed by atoms with Crippen LogP contribution in [0.5, 0.6) is 0 Å². The van der Waals surface area contributed by atoms with E-state index < -0.39 is 5.91 Å². The third-order valence-corrected chi connectivity index (χ3v) is 4.19. The van der Waals surface area contributed by atoms with E-state index in [1.165, 1.54) is 18.3 Å². The highest BCUT2D eigenvalue weighted by Gasteiger charge is 2.16. The van der Waals surface area contributed by atoms with Gasteiger partial charge >= 0.3 is 0 Å². The number of hydrogen-bond donors (Lipinski definition) is 2. The molecule has 114 valence electrons. The number of primary amides is 1. The molecule has 0 aliphatic heterocycles. The zero-order chi connectivity index (χ0) is 16.4. The van der Waals surface area contributed by atoms with Crippen molar-refractivity contribution in [1.82, 2.24) is 0 Å². The van der Waals surface area contributed by atoms with E-state index in [9.17, 15) is 14.4 Å². The number of anilines is 1. The summed E-state index contributed by atoms with van der Waals surface area (Å²) >= 11 is 1.28. The molecule has 0 fully saturated rings. The minimum atomic E-state index is -0.590. The lowest BCUT2D eigenvalue weighted by Crippen LogP contribution is -2.17. The standard InChI is InChI=1S/C16H16N2O3S/c1-8-4-5-11(7-12(8)10(3)19)15(21)18-16-13(14(17)20)6-9(2)22-16/h4-7H,1-3H3,(H2,17,20)(H,18,21). The van der Waals surface area contributed by atoms with Crippen molar-refractivity contribution in [2.75, 3.05) is 5.32 Å². The molecule has 0 spiro atoms. The molecule has 0 aliphatic rings.